The van der Waals surface area contributed by atoms with Crippen molar-refractivity contribution in [3.8, 4) is 11.5 Å². The van der Waals surface area contributed by atoms with E-state index in [1.54, 1.807) is 14.2 Å². The quantitative estimate of drug-likeness (QED) is 0.0789. The van der Waals surface area contributed by atoms with Gasteiger partial charge in [-0.2, -0.15) is 0 Å². The molecule has 11 heteroatoms. The number of carbonyl (C=O) groups excluding carboxylic acids is 1. The molecule has 0 aliphatic carbocycles. The van der Waals surface area contributed by atoms with Crippen molar-refractivity contribution in [2.45, 2.75) is 39.0 Å². The Morgan fingerprint density at radius 1 is 0.722 bits per heavy atom. The molecule has 0 radical (unpaired) electrons. The summed E-state index contributed by atoms with van der Waals surface area (Å²) in [5.74, 6) is 2.50. The number of pyridine rings is 2. The van der Waals surface area contributed by atoms with E-state index in [0.717, 1.165) is 105 Å². The van der Waals surface area contributed by atoms with Crippen molar-refractivity contribution in [3.63, 3.8) is 0 Å². The lowest BCUT2D eigenvalue weighted by molar-refractivity contribution is -0.131. The van der Waals surface area contributed by atoms with E-state index >= 15 is 0 Å². The maximum atomic E-state index is 13.9. The fraction of sp³-hybridized carbons (Fsp3) is 0.372. The van der Waals surface area contributed by atoms with Gasteiger partial charge in [0.25, 0.3) is 0 Å². The Kier molecular flexibility index (Phi) is 12.1. The number of ether oxygens (including phenoxy) is 2. The smallest absolute Gasteiger partial charge is 0.223 e. The van der Waals surface area contributed by atoms with E-state index in [-0.39, 0.29) is 5.91 Å². The topological polar surface area (TPSA) is 91.9 Å². The molecule has 1 aliphatic rings. The first-order chi connectivity index (χ1) is 26.3. The summed E-state index contributed by atoms with van der Waals surface area (Å²) in [6.07, 6.45) is 4.48. The van der Waals surface area contributed by atoms with Gasteiger partial charge in [0.15, 0.2) is 0 Å². The van der Waals surface area contributed by atoms with Crippen LogP contribution in [0.2, 0.25) is 10.0 Å². The molecule has 282 valence electrons. The third-order valence-corrected chi connectivity index (χ3v) is 11.0. The third-order valence-electron chi connectivity index (χ3n) is 10.6. The fourth-order valence-corrected chi connectivity index (χ4v) is 7.79. The Morgan fingerprint density at radius 2 is 1.22 bits per heavy atom. The van der Waals surface area contributed by atoms with Gasteiger partial charge in [-0.3, -0.25) is 4.79 Å². The summed E-state index contributed by atoms with van der Waals surface area (Å²) in [5, 5.41) is 12.6. The van der Waals surface area contributed by atoms with Crippen LogP contribution in [0.4, 0.5) is 11.4 Å². The van der Waals surface area contributed by atoms with Crippen LogP contribution in [0, 0.1) is 5.92 Å². The lowest BCUT2D eigenvalue weighted by Crippen LogP contribution is -2.39. The summed E-state index contributed by atoms with van der Waals surface area (Å²) in [6.45, 7) is 7.91. The summed E-state index contributed by atoms with van der Waals surface area (Å²) in [7, 11) is 3.34. The van der Waals surface area contributed by atoms with Crippen molar-refractivity contribution < 1.29 is 14.3 Å². The largest absolute Gasteiger partial charge is 0.497 e. The maximum absolute atomic E-state index is 13.9. The van der Waals surface area contributed by atoms with E-state index < -0.39 is 0 Å². The van der Waals surface area contributed by atoms with Crippen molar-refractivity contribution in [2.24, 2.45) is 5.92 Å². The number of aromatic nitrogens is 2. The number of methoxy groups -OCH3 is 2. The molecule has 54 heavy (non-hydrogen) atoms. The lowest BCUT2D eigenvalue weighted by Gasteiger charge is -2.31. The van der Waals surface area contributed by atoms with Gasteiger partial charge in [0, 0.05) is 70.7 Å². The number of amides is 1. The van der Waals surface area contributed by atoms with Gasteiger partial charge in [0.05, 0.1) is 47.7 Å². The summed E-state index contributed by atoms with van der Waals surface area (Å²) in [6, 6.07) is 23.4. The minimum absolute atomic E-state index is 0.201. The van der Waals surface area contributed by atoms with Gasteiger partial charge in [-0.15, -0.1) is 0 Å². The molecule has 0 spiro atoms. The van der Waals surface area contributed by atoms with Crippen molar-refractivity contribution in [1.82, 2.24) is 19.8 Å². The van der Waals surface area contributed by atoms with Gasteiger partial charge >= 0.3 is 0 Å². The predicted molar refractivity (Wildman–Crippen MR) is 224 cm³/mol. The van der Waals surface area contributed by atoms with E-state index in [1.165, 1.54) is 12.8 Å². The highest BCUT2D eigenvalue weighted by atomic mass is 35.5. The number of anilines is 2. The first-order valence-electron chi connectivity index (χ1n) is 18.9. The highest BCUT2D eigenvalue weighted by molar-refractivity contribution is 6.32. The first-order valence-corrected chi connectivity index (χ1v) is 19.7. The molecule has 0 atom stereocenters. The number of hydrogen-bond acceptors (Lipinski definition) is 8. The molecule has 4 aromatic carbocycles. The second kappa shape index (κ2) is 17.3. The van der Waals surface area contributed by atoms with Crippen molar-refractivity contribution >= 4 is 84.1 Å². The van der Waals surface area contributed by atoms with E-state index in [0.29, 0.717) is 42.6 Å². The summed E-state index contributed by atoms with van der Waals surface area (Å²) in [4.78, 5) is 28.1. The molecule has 3 heterocycles. The molecule has 1 saturated heterocycles. The Hall–Kier alpha value is -4.57. The van der Waals surface area contributed by atoms with Gasteiger partial charge in [0.2, 0.25) is 5.91 Å². The Morgan fingerprint density at radius 3 is 1.70 bits per heavy atom. The van der Waals surface area contributed by atoms with Crippen LogP contribution in [0.25, 0.3) is 43.6 Å². The van der Waals surface area contributed by atoms with Crippen LogP contribution in [0.15, 0.2) is 72.8 Å². The van der Waals surface area contributed by atoms with E-state index in [9.17, 15) is 4.79 Å². The van der Waals surface area contributed by atoms with Crippen LogP contribution in [-0.4, -0.2) is 85.7 Å². The minimum atomic E-state index is 0.201. The Bertz CT molecular complexity index is 2140. The zero-order chi connectivity index (χ0) is 37.6. The number of halogens is 2. The molecule has 1 fully saturated rings. The van der Waals surface area contributed by atoms with Crippen LogP contribution in [0.1, 0.15) is 39.0 Å². The number of likely N-dealkylation sites (tertiary alicyclic amines) is 1. The van der Waals surface area contributed by atoms with Gasteiger partial charge in [-0.1, -0.05) is 30.1 Å². The Labute approximate surface area is 326 Å². The monoisotopic (exact) mass is 766 g/mol. The normalized spacial score (nSPS) is 13.9. The second-order valence-corrected chi connectivity index (χ2v) is 15.2. The average molecular weight is 768 g/mol. The molecule has 2 N–H and O–H groups in total. The molecule has 0 unspecified atom stereocenters. The summed E-state index contributed by atoms with van der Waals surface area (Å²) >= 11 is 12.7. The van der Waals surface area contributed by atoms with Gasteiger partial charge in [-0.05, 0) is 117 Å². The molecule has 1 aliphatic heterocycles. The number of carbonyl (C=O) groups is 1. The molecule has 9 nitrogen and oxygen atoms in total. The van der Waals surface area contributed by atoms with Crippen LogP contribution in [-0.2, 0) is 4.79 Å². The highest BCUT2D eigenvalue weighted by Crippen LogP contribution is 2.36. The molecule has 0 saturated carbocycles. The van der Waals surface area contributed by atoms with Crippen molar-refractivity contribution in [3.05, 3.63) is 82.8 Å². The van der Waals surface area contributed by atoms with E-state index in [2.05, 4.69) is 22.5 Å². The third kappa shape index (κ3) is 8.70. The van der Waals surface area contributed by atoms with Gasteiger partial charge in [-0.25, -0.2) is 9.97 Å². The predicted octanol–water partition coefficient (Wildman–Crippen LogP) is 9.67. The van der Waals surface area contributed by atoms with E-state index in [4.69, 9.17) is 42.6 Å². The maximum Gasteiger partial charge on any atom is 0.223 e. The first kappa shape index (κ1) is 37.7. The zero-order valence-corrected chi connectivity index (χ0v) is 32.8. The number of nitrogens with zero attached hydrogens (tertiary/aromatic N) is 4. The zero-order valence-electron chi connectivity index (χ0n) is 31.3. The molecule has 2 aromatic heterocycles. The van der Waals surface area contributed by atoms with Gasteiger partial charge in [0.1, 0.15) is 11.5 Å². The van der Waals surface area contributed by atoms with Crippen LogP contribution < -0.4 is 20.1 Å². The van der Waals surface area contributed by atoms with Crippen LogP contribution >= 0.6 is 23.2 Å². The fourth-order valence-electron chi connectivity index (χ4n) is 7.45. The minimum Gasteiger partial charge on any atom is -0.497 e. The average Bonchev–Trinajstić information content (AvgIpc) is 3.18. The molecular weight excluding hydrogens is 719 g/mol. The number of fused-ring (bicyclic) bond motifs is 4. The SMILES string of the molecule is COc1ccc2nc3cc(Cl)ccc3c(NCCCN(CCCNc3c4ccc(Cl)cc4nc4ccc(OC)cc34)C(=O)CCN3CCC(C)CC3)c2c1. The van der Waals surface area contributed by atoms with E-state index in [1.807, 2.05) is 77.7 Å². The number of rotatable bonds is 15. The molecule has 0 bridgehead atoms. The lowest BCUT2D eigenvalue weighted by atomic mass is 9.99. The molecule has 6 aromatic rings. The van der Waals surface area contributed by atoms with Crippen molar-refractivity contribution in [2.75, 3.05) is 70.7 Å². The van der Waals surface area contributed by atoms with Crippen LogP contribution in [0.5, 0.6) is 11.5 Å². The number of nitrogens with one attached hydrogen (secondary N) is 2. The Balaban J connectivity index is 1.05. The molecule has 7 rings (SSSR count). The number of hydrogen-bond donors (Lipinski definition) is 2. The summed E-state index contributed by atoms with van der Waals surface area (Å²) in [5.41, 5.74) is 5.36. The summed E-state index contributed by atoms with van der Waals surface area (Å²) < 4.78 is 11.1. The highest BCUT2D eigenvalue weighted by Gasteiger charge is 2.20. The van der Waals surface area contributed by atoms with Gasteiger partial charge < -0.3 is 29.9 Å². The van der Waals surface area contributed by atoms with Crippen LogP contribution in [0.3, 0.4) is 0 Å². The molecule has 1 amide bonds. The molecular formula is C43H48Cl2N6O3. The number of piperidine rings is 1. The standard InChI is InChI=1S/C43H48Cl2N6O3/c1-28-14-21-50(22-15-28)23-16-41(52)51(19-4-17-46-42-33-10-6-29(44)24-39(33)48-37-12-8-31(53-2)26-35(37)42)20-5-18-47-43-34-11-7-30(45)25-40(34)49-38-13-9-32(54-3)27-36(38)43/h6-13,24-28H,4-5,14-23H2,1-3H3,(H,46,48)(H,47,49). The number of benzene rings is 4. The second-order valence-electron chi connectivity index (χ2n) is 14.3. The van der Waals surface area contributed by atoms with Crippen molar-refractivity contribution in [1.29, 1.82) is 0 Å².